The number of rotatable bonds is 7. The Hall–Kier alpha value is -1.44. The molecule has 0 aromatic rings. The largest absolute Gasteiger partial charge is 0.480 e. The molecule has 1 unspecified atom stereocenters. The Bertz CT molecular complexity index is 385. The average molecular weight is 302 g/mol. The summed E-state index contributed by atoms with van der Waals surface area (Å²) in [5, 5.41) is 9.10. The summed E-state index contributed by atoms with van der Waals surface area (Å²) in [5.41, 5.74) is 10.4. The molecule has 1 rings (SSSR count). The van der Waals surface area contributed by atoms with E-state index in [9.17, 15) is 9.59 Å². The monoisotopic (exact) mass is 302 g/mol. The minimum atomic E-state index is -0.936. The van der Waals surface area contributed by atoms with E-state index in [1.165, 1.54) is 4.90 Å². The number of carboxylic acid groups (broad SMARTS) is 1. The minimum absolute atomic E-state index is 0.0317. The van der Waals surface area contributed by atoms with Gasteiger partial charge in [0.1, 0.15) is 6.04 Å². The first-order valence-corrected chi connectivity index (χ1v) is 7.30. The summed E-state index contributed by atoms with van der Waals surface area (Å²) in [7, 11) is 0. The predicted molar refractivity (Wildman–Crippen MR) is 79.6 cm³/mol. The van der Waals surface area contributed by atoms with Gasteiger partial charge in [0.15, 0.2) is 5.96 Å². The van der Waals surface area contributed by atoms with Crippen LogP contribution in [0.4, 0.5) is 0 Å². The second-order valence-electron chi connectivity index (χ2n) is 4.86. The van der Waals surface area contributed by atoms with Crippen molar-refractivity contribution in [3.63, 3.8) is 0 Å². The fraction of sp³-hybridized carbons (Fsp3) is 0.750. The minimum Gasteiger partial charge on any atom is -0.480 e. The molecule has 0 saturated carbocycles. The lowest BCUT2D eigenvalue weighted by Gasteiger charge is -2.25. The number of hydrogen-bond donors (Lipinski definition) is 4. The SMILES string of the molecule is NC(N)=NCCCC(CS)C(=O)N1CCC[C@H]1C(=O)O. The maximum atomic E-state index is 12.3. The van der Waals surface area contributed by atoms with E-state index in [2.05, 4.69) is 17.6 Å². The van der Waals surface area contributed by atoms with Gasteiger partial charge in [0.2, 0.25) is 5.91 Å². The van der Waals surface area contributed by atoms with Crippen LogP contribution < -0.4 is 11.5 Å². The van der Waals surface area contributed by atoms with Crippen LogP contribution in [0.3, 0.4) is 0 Å². The van der Waals surface area contributed by atoms with Gasteiger partial charge in [-0.3, -0.25) is 9.79 Å². The molecule has 1 saturated heterocycles. The topological polar surface area (TPSA) is 122 Å². The first-order chi connectivity index (χ1) is 9.47. The Labute approximate surface area is 123 Å². The van der Waals surface area contributed by atoms with E-state index >= 15 is 0 Å². The van der Waals surface area contributed by atoms with Gasteiger partial charge in [-0.05, 0) is 25.7 Å². The zero-order valence-electron chi connectivity index (χ0n) is 11.4. The zero-order valence-corrected chi connectivity index (χ0v) is 12.3. The maximum Gasteiger partial charge on any atom is 0.326 e. The molecular weight excluding hydrogens is 280 g/mol. The number of guanidine groups is 1. The number of carbonyl (C=O) groups is 2. The van der Waals surface area contributed by atoms with Crippen molar-refractivity contribution in [3.05, 3.63) is 0 Å². The number of carbonyl (C=O) groups excluding carboxylic acids is 1. The molecule has 0 aromatic heterocycles. The lowest BCUT2D eigenvalue weighted by Crippen LogP contribution is -2.44. The number of carboxylic acids is 1. The Morgan fingerprint density at radius 2 is 2.15 bits per heavy atom. The lowest BCUT2D eigenvalue weighted by atomic mass is 10.0. The van der Waals surface area contributed by atoms with Gasteiger partial charge in [-0.1, -0.05) is 0 Å². The summed E-state index contributed by atoms with van der Waals surface area (Å²) in [6.07, 6.45) is 2.52. The summed E-state index contributed by atoms with van der Waals surface area (Å²) in [5.74, 6) is -0.927. The van der Waals surface area contributed by atoms with Gasteiger partial charge in [0, 0.05) is 24.8 Å². The van der Waals surface area contributed by atoms with Crippen molar-refractivity contribution in [2.75, 3.05) is 18.8 Å². The molecule has 1 aliphatic rings. The van der Waals surface area contributed by atoms with Crippen LogP contribution in [-0.2, 0) is 9.59 Å². The number of hydrogen-bond acceptors (Lipinski definition) is 4. The number of aliphatic carboxylic acids is 1. The Morgan fingerprint density at radius 3 is 2.70 bits per heavy atom. The highest BCUT2D eigenvalue weighted by molar-refractivity contribution is 7.80. The van der Waals surface area contributed by atoms with E-state index in [0.717, 1.165) is 6.42 Å². The quantitative estimate of drug-likeness (QED) is 0.222. The molecule has 2 atom stereocenters. The van der Waals surface area contributed by atoms with Crippen LogP contribution in [0.2, 0.25) is 0 Å². The van der Waals surface area contributed by atoms with Gasteiger partial charge in [-0.25, -0.2) is 4.79 Å². The highest BCUT2D eigenvalue weighted by Gasteiger charge is 2.36. The third kappa shape index (κ3) is 4.59. The van der Waals surface area contributed by atoms with Crippen LogP contribution in [0.5, 0.6) is 0 Å². The van der Waals surface area contributed by atoms with E-state index in [4.69, 9.17) is 16.6 Å². The summed E-state index contributed by atoms with van der Waals surface area (Å²) in [4.78, 5) is 28.8. The first-order valence-electron chi connectivity index (χ1n) is 6.67. The standard InChI is InChI=1S/C12H22N4O3S/c13-12(14)15-5-1-3-8(7-20)10(17)16-6-2-4-9(16)11(18)19/h8-9,20H,1-7H2,(H,18,19)(H4,13,14,15)/t8?,9-/m0/s1. The van der Waals surface area contributed by atoms with Gasteiger partial charge in [-0.15, -0.1) is 0 Å². The van der Waals surface area contributed by atoms with Gasteiger partial charge >= 0.3 is 5.97 Å². The molecule has 20 heavy (non-hydrogen) atoms. The van der Waals surface area contributed by atoms with E-state index < -0.39 is 12.0 Å². The lowest BCUT2D eigenvalue weighted by molar-refractivity contribution is -0.149. The van der Waals surface area contributed by atoms with Crippen LogP contribution in [0, 0.1) is 5.92 Å². The number of thiol groups is 1. The van der Waals surface area contributed by atoms with Crippen LogP contribution in [0.15, 0.2) is 4.99 Å². The fourth-order valence-corrected chi connectivity index (χ4v) is 2.70. The number of nitrogens with two attached hydrogens (primary N) is 2. The number of nitrogens with zero attached hydrogens (tertiary/aromatic N) is 2. The number of likely N-dealkylation sites (tertiary alicyclic amines) is 1. The molecule has 0 radical (unpaired) electrons. The molecule has 0 aromatic carbocycles. The van der Waals surface area contributed by atoms with E-state index in [1.807, 2.05) is 0 Å². The molecule has 1 amide bonds. The number of aliphatic imine (C=N–C) groups is 1. The van der Waals surface area contributed by atoms with Crippen LogP contribution in [0.1, 0.15) is 25.7 Å². The average Bonchev–Trinajstić information content (AvgIpc) is 2.87. The van der Waals surface area contributed by atoms with E-state index in [1.54, 1.807) is 0 Å². The first kappa shape index (κ1) is 16.6. The third-order valence-electron chi connectivity index (χ3n) is 3.40. The fourth-order valence-electron chi connectivity index (χ4n) is 2.36. The smallest absolute Gasteiger partial charge is 0.326 e. The van der Waals surface area contributed by atoms with Crippen molar-refractivity contribution >= 4 is 30.5 Å². The summed E-state index contributed by atoms with van der Waals surface area (Å²) in [6, 6.07) is -0.692. The highest BCUT2D eigenvalue weighted by Crippen LogP contribution is 2.22. The Balaban J connectivity index is 2.53. The van der Waals surface area contributed by atoms with Crippen molar-refractivity contribution in [1.82, 2.24) is 4.90 Å². The normalized spacial score (nSPS) is 19.6. The molecule has 7 nitrogen and oxygen atoms in total. The molecule has 5 N–H and O–H groups in total. The molecule has 114 valence electrons. The zero-order chi connectivity index (χ0) is 15.1. The second-order valence-corrected chi connectivity index (χ2v) is 5.22. The molecular formula is C12H22N4O3S. The Kier molecular flexibility index (Phi) is 6.63. The molecule has 1 heterocycles. The van der Waals surface area contributed by atoms with Crippen LogP contribution in [-0.4, -0.2) is 52.7 Å². The van der Waals surface area contributed by atoms with Crippen LogP contribution in [0.25, 0.3) is 0 Å². The predicted octanol–water partition coefficient (Wildman–Crippen LogP) is -0.338. The van der Waals surface area contributed by atoms with Crippen molar-refractivity contribution in [2.45, 2.75) is 31.7 Å². The van der Waals surface area contributed by atoms with Crippen molar-refractivity contribution in [2.24, 2.45) is 22.4 Å². The number of amides is 1. The summed E-state index contributed by atoms with van der Waals surface area (Å²) >= 11 is 4.19. The van der Waals surface area contributed by atoms with Crippen molar-refractivity contribution < 1.29 is 14.7 Å². The van der Waals surface area contributed by atoms with Gasteiger partial charge < -0.3 is 21.5 Å². The molecule has 0 spiro atoms. The molecule has 0 bridgehead atoms. The van der Waals surface area contributed by atoms with Gasteiger partial charge in [-0.2, -0.15) is 12.6 Å². The summed E-state index contributed by atoms with van der Waals surface area (Å²) < 4.78 is 0. The van der Waals surface area contributed by atoms with E-state index in [0.29, 0.717) is 38.1 Å². The second kappa shape index (κ2) is 7.98. The summed E-state index contributed by atoms with van der Waals surface area (Å²) in [6.45, 7) is 0.968. The highest BCUT2D eigenvalue weighted by atomic mass is 32.1. The maximum absolute atomic E-state index is 12.3. The van der Waals surface area contributed by atoms with Crippen molar-refractivity contribution in [3.8, 4) is 0 Å². The van der Waals surface area contributed by atoms with E-state index in [-0.39, 0.29) is 17.8 Å². The van der Waals surface area contributed by atoms with Crippen molar-refractivity contribution in [1.29, 1.82) is 0 Å². The third-order valence-corrected chi connectivity index (χ3v) is 3.84. The Morgan fingerprint density at radius 1 is 1.45 bits per heavy atom. The molecule has 0 aliphatic carbocycles. The van der Waals surface area contributed by atoms with Gasteiger partial charge in [0.05, 0.1) is 0 Å². The molecule has 8 heteroatoms. The van der Waals surface area contributed by atoms with Gasteiger partial charge in [0.25, 0.3) is 0 Å². The van der Waals surface area contributed by atoms with Crippen LogP contribution >= 0.6 is 12.6 Å². The molecule has 1 aliphatic heterocycles. The molecule has 1 fully saturated rings.